The number of aromatic nitrogens is 2. The molecule has 1 amide bonds. The van der Waals surface area contributed by atoms with E-state index >= 15 is 0 Å². The van der Waals surface area contributed by atoms with Crippen LogP contribution in [-0.2, 0) is 4.79 Å². The van der Waals surface area contributed by atoms with E-state index in [0.29, 0.717) is 0 Å². The van der Waals surface area contributed by atoms with Crippen molar-refractivity contribution in [3.8, 4) is 0 Å². The molecule has 0 fully saturated rings. The van der Waals surface area contributed by atoms with Crippen molar-refractivity contribution < 1.29 is 9.72 Å². The highest BCUT2D eigenvalue weighted by Gasteiger charge is 2.18. The molecule has 1 rings (SSSR count). The van der Waals surface area contributed by atoms with E-state index in [1.54, 1.807) is 0 Å². The maximum absolute atomic E-state index is 11.6. The summed E-state index contributed by atoms with van der Waals surface area (Å²) in [6.07, 6.45) is 1.20. The molecule has 1 aromatic rings. The standard InChI is InChI=1S/C11H19N7O3/c1-11(2,3)16-8(19)4-5-13-9-7(18(20)21)6-14-10(15-9)17-12/h6H,4-5,12H2,1-3H3,(H,16,19)(H2,13,14,15,17). The van der Waals surface area contributed by atoms with Crippen molar-refractivity contribution in [2.75, 3.05) is 17.3 Å². The van der Waals surface area contributed by atoms with Crippen LogP contribution in [0.25, 0.3) is 0 Å². The van der Waals surface area contributed by atoms with Gasteiger partial charge in [0, 0.05) is 18.5 Å². The number of anilines is 2. The van der Waals surface area contributed by atoms with Crippen molar-refractivity contribution >= 4 is 23.4 Å². The summed E-state index contributed by atoms with van der Waals surface area (Å²) in [6, 6.07) is 0. The first-order chi connectivity index (χ1) is 9.73. The molecular formula is C11H19N7O3. The smallest absolute Gasteiger partial charge is 0.329 e. The molecule has 0 aromatic carbocycles. The normalized spacial score (nSPS) is 10.9. The summed E-state index contributed by atoms with van der Waals surface area (Å²) >= 11 is 0. The van der Waals surface area contributed by atoms with Crippen LogP contribution in [0.4, 0.5) is 17.5 Å². The summed E-state index contributed by atoms with van der Waals surface area (Å²) in [5, 5.41) is 16.4. The molecule has 10 heteroatoms. The van der Waals surface area contributed by atoms with Gasteiger partial charge in [-0.05, 0) is 20.8 Å². The molecule has 21 heavy (non-hydrogen) atoms. The Kier molecular flexibility index (Phi) is 5.36. The van der Waals surface area contributed by atoms with Crippen molar-refractivity contribution in [3.63, 3.8) is 0 Å². The Bertz CT molecular complexity index is 527. The Morgan fingerprint density at radius 1 is 1.48 bits per heavy atom. The first-order valence-electron chi connectivity index (χ1n) is 6.26. The van der Waals surface area contributed by atoms with Crippen LogP contribution >= 0.6 is 0 Å². The third-order valence-electron chi connectivity index (χ3n) is 2.25. The monoisotopic (exact) mass is 297 g/mol. The van der Waals surface area contributed by atoms with Gasteiger partial charge in [-0.25, -0.2) is 10.8 Å². The van der Waals surface area contributed by atoms with Gasteiger partial charge in [-0.15, -0.1) is 0 Å². The van der Waals surface area contributed by atoms with Gasteiger partial charge in [0.1, 0.15) is 6.20 Å². The molecular weight excluding hydrogens is 278 g/mol. The molecule has 0 saturated heterocycles. The summed E-state index contributed by atoms with van der Waals surface area (Å²) in [5.41, 5.74) is 1.59. The fourth-order valence-corrected chi connectivity index (χ4v) is 1.48. The second kappa shape index (κ2) is 6.79. The molecule has 5 N–H and O–H groups in total. The van der Waals surface area contributed by atoms with Gasteiger partial charge in [0.05, 0.1) is 4.92 Å². The lowest BCUT2D eigenvalue weighted by Crippen LogP contribution is -2.41. The molecule has 0 aliphatic rings. The third kappa shape index (κ3) is 5.57. The number of carbonyl (C=O) groups excluding carboxylic acids is 1. The summed E-state index contributed by atoms with van der Waals surface area (Å²) in [6.45, 7) is 5.80. The van der Waals surface area contributed by atoms with Gasteiger partial charge in [-0.2, -0.15) is 4.98 Å². The number of hydrazine groups is 1. The van der Waals surface area contributed by atoms with Crippen molar-refractivity contribution in [1.82, 2.24) is 15.3 Å². The van der Waals surface area contributed by atoms with E-state index in [2.05, 4.69) is 26.0 Å². The zero-order valence-corrected chi connectivity index (χ0v) is 12.1. The lowest BCUT2D eigenvalue weighted by Gasteiger charge is -2.20. The van der Waals surface area contributed by atoms with Gasteiger partial charge in [0.2, 0.25) is 17.7 Å². The van der Waals surface area contributed by atoms with Crippen LogP contribution in [-0.4, -0.2) is 32.9 Å². The first-order valence-corrected chi connectivity index (χ1v) is 6.26. The van der Waals surface area contributed by atoms with E-state index in [-0.39, 0.29) is 41.9 Å². The molecule has 0 aliphatic carbocycles. The lowest BCUT2D eigenvalue weighted by atomic mass is 10.1. The van der Waals surface area contributed by atoms with Gasteiger partial charge >= 0.3 is 5.69 Å². The largest absolute Gasteiger partial charge is 0.364 e. The predicted octanol–water partition coefficient (Wildman–Crippen LogP) is 0.387. The minimum atomic E-state index is -0.613. The summed E-state index contributed by atoms with van der Waals surface area (Å²) in [5.74, 6) is 5.04. The SMILES string of the molecule is CC(C)(C)NC(=O)CCNc1nc(NN)ncc1[N+](=O)[O-]. The van der Waals surface area contributed by atoms with Gasteiger partial charge in [0.25, 0.3) is 0 Å². The van der Waals surface area contributed by atoms with Crippen molar-refractivity contribution in [1.29, 1.82) is 0 Å². The highest BCUT2D eigenvalue weighted by atomic mass is 16.6. The quantitative estimate of drug-likeness (QED) is 0.334. The van der Waals surface area contributed by atoms with Crippen LogP contribution in [0.3, 0.4) is 0 Å². The fourth-order valence-electron chi connectivity index (χ4n) is 1.48. The van der Waals surface area contributed by atoms with E-state index in [9.17, 15) is 14.9 Å². The van der Waals surface area contributed by atoms with Gasteiger partial charge in [-0.3, -0.25) is 20.3 Å². The Balaban J connectivity index is 2.66. The van der Waals surface area contributed by atoms with Crippen LogP contribution in [0.5, 0.6) is 0 Å². The Hall–Kier alpha value is -2.49. The van der Waals surface area contributed by atoms with Crippen LogP contribution in [0, 0.1) is 10.1 Å². The second-order valence-electron chi connectivity index (χ2n) is 5.30. The third-order valence-corrected chi connectivity index (χ3v) is 2.25. The number of nitro groups is 1. The number of carbonyl (C=O) groups is 1. The lowest BCUT2D eigenvalue weighted by molar-refractivity contribution is -0.384. The Morgan fingerprint density at radius 3 is 2.67 bits per heavy atom. The topological polar surface area (TPSA) is 148 Å². The predicted molar refractivity (Wildman–Crippen MR) is 77.5 cm³/mol. The van der Waals surface area contributed by atoms with Crippen LogP contribution in [0.1, 0.15) is 27.2 Å². The molecule has 0 unspecified atom stereocenters. The molecule has 1 heterocycles. The second-order valence-corrected chi connectivity index (χ2v) is 5.30. The van der Waals surface area contributed by atoms with Gasteiger partial charge < -0.3 is 10.6 Å². The number of nitrogens with zero attached hydrogens (tertiary/aromatic N) is 3. The van der Waals surface area contributed by atoms with Gasteiger partial charge in [0.15, 0.2) is 0 Å². The molecule has 0 saturated carbocycles. The zero-order chi connectivity index (χ0) is 16.0. The molecule has 1 aromatic heterocycles. The molecule has 0 bridgehead atoms. The molecule has 0 spiro atoms. The van der Waals surface area contributed by atoms with E-state index in [1.165, 1.54) is 0 Å². The number of nitrogens with two attached hydrogens (primary N) is 1. The van der Waals surface area contributed by atoms with E-state index in [4.69, 9.17) is 5.84 Å². The average Bonchev–Trinajstić information content (AvgIpc) is 2.36. The minimum absolute atomic E-state index is 0.00603. The minimum Gasteiger partial charge on any atom is -0.364 e. The zero-order valence-electron chi connectivity index (χ0n) is 12.1. The van der Waals surface area contributed by atoms with E-state index in [1.807, 2.05) is 20.8 Å². The number of rotatable bonds is 6. The van der Waals surface area contributed by atoms with E-state index < -0.39 is 4.92 Å². The number of nitrogens with one attached hydrogen (secondary N) is 3. The van der Waals surface area contributed by atoms with Crippen molar-refractivity contribution in [2.24, 2.45) is 5.84 Å². The maximum Gasteiger partial charge on any atom is 0.329 e. The Morgan fingerprint density at radius 2 is 2.14 bits per heavy atom. The van der Waals surface area contributed by atoms with Crippen LogP contribution < -0.4 is 21.9 Å². The number of nitrogen functional groups attached to an aromatic ring is 1. The number of hydrogen-bond donors (Lipinski definition) is 4. The van der Waals surface area contributed by atoms with Crippen molar-refractivity contribution in [2.45, 2.75) is 32.7 Å². The van der Waals surface area contributed by atoms with E-state index in [0.717, 1.165) is 6.20 Å². The van der Waals surface area contributed by atoms with Gasteiger partial charge in [-0.1, -0.05) is 0 Å². The summed E-state index contributed by atoms with van der Waals surface area (Å²) in [4.78, 5) is 29.4. The maximum atomic E-state index is 11.6. The number of amides is 1. The van der Waals surface area contributed by atoms with Crippen LogP contribution in [0.2, 0.25) is 0 Å². The van der Waals surface area contributed by atoms with Crippen molar-refractivity contribution in [3.05, 3.63) is 16.3 Å². The molecule has 10 nitrogen and oxygen atoms in total. The summed E-state index contributed by atoms with van der Waals surface area (Å²) < 4.78 is 0. The average molecular weight is 297 g/mol. The number of hydrogen-bond acceptors (Lipinski definition) is 8. The Labute approximate surface area is 121 Å². The highest BCUT2D eigenvalue weighted by molar-refractivity contribution is 5.77. The molecule has 116 valence electrons. The summed E-state index contributed by atoms with van der Waals surface area (Å²) in [7, 11) is 0. The fraction of sp³-hybridized carbons (Fsp3) is 0.545. The highest BCUT2D eigenvalue weighted by Crippen LogP contribution is 2.21. The molecule has 0 atom stereocenters. The van der Waals surface area contributed by atoms with Crippen LogP contribution in [0.15, 0.2) is 6.20 Å². The molecule has 0 radical (unpaired) electrons. The molecule has 0 aliphatic heterocycles. The first kappa shape index (κ1) is 16.6.